The van der Waals surface area contributed by atoms with Crippen LogP contribution in [0.5, 0.6) is 0 Å². The summed E-state index contributed by atoms with van der Waals surface area (Å²) in [4.78, 5) is 18.9. The van der Waals surface area contributed by atoms with Crippen LogP contribution >= 0.6 is 0 Å². The molecule has 1 fully saturated rings. The van der Waals surface area contributed by atoms with Crippen LogP contribution < -0.4 is 16.1 Å². The average Bonchev–Trinajstić information content (AvgIpc) is 2.97. The van der Waals surface area contributed by atoms with Gasteiger partial charge in [0.1, 0.15) is 13.7 Å². The van der Waals surface area contributed by atoms with Crippen LogP contribution in [0.2, 0.25) is 0 Å². The third kappa shape index (κ3) is 3.94. The first-order valence-electron chi connectivity index (χ1n) is 7.28. The minimum Gasteiger partial charge on any atom is -0.476 e. The number of carboxylic acid groups (broad SMARTS) is 1. The lowest BCUT2D eigenvalue weighted by atomic mass is 9.99. The highest BCUT2D eigenvalue weighted by molar-refractivity contribution is 6.32. The second-order valence-electron chi connectivity index (χ2n) is 5.44. The molecule has 116 valence electrons. The van der Waals surface area contributed by atoms with Crippen LogP contribution in [0.3, 0.4) is 0 Å². The first-order chi connectivity index (χ1) is 11.1. The second-order valence-corrected chi connectivity index (χ2v) is 5.44. The molecule has 2 aromatic heterocycles. The van der Waals surface area contributed by atoms with E-state index in [1.165, 1.54) is 6.20 Å². The summed E-state index contributed by atoms with van der Waals surface area (Å²) >= 11 is 0. The molecule has 1 saturated carbocycles. The van der Waals surface area contributed by atoms with Gasteiger partial charge in [-0.05, 0) is 25.3 Å². The van der Waals surface area contributed by atoms with Crippen LogP contribution in [0.1, 0.15) is 29.8 Å². The largest absolute Gasteiger partial charge is 0.476 e. The van der Waals surface area contributed by atoms with Crippen LogP contribution in [0, 0.1) is 0 Å². The molecule has 1 aliphatic rings. The highest BCUT2D eigenvalue weighted by Crippen LogP contribution is 2.24. The predicted octanol–water partition coefficient (Wildman–Crippen LogP) is 0.204. The van der Waals surface area contributed by atoms with Gasteiger partial charge in [0.05, 0.1) is 6.20 Å². The summed E-state index contributed by atoms with van der Waals surface area (Å²) in [6.07, 6.45) is 5.65. The van der Waals surface area contributed by atoms with Crippen molar-refractivity contribution in [3.05, 3.63) is 30.2 Å². The minimum atomic E-state index is -1.14. The summed E-state index contributed by atoms with van der Waals surface area (Å²) in [6, 6.07) is 4.17. The van der Waals surface area contributed by atoms with E-state index in [9.17, 15) is 4.79 Å². The minimum absolute atomic E-state index is 0.170. The fourth-order valence-corrected chi connectivity index (χ4v) is 2.57. The van der Waals surface area contributed by atoms with Gasteiger partial charge in [0.25, 0.3) is 0 Å². The maximum absolute atomic E-state index is 10.7. The molecule has 2 heterocycles. The van der Waals surface area contributed by atoms with Gasteiger partial charge in [0.15, 0.2) is 5.69 Å². The molecule has 1 aliphatic carbocycles. The molecule has 2 radical (unpaired) electrons. The molecule has 0 saturated heterocycles. The number of hydrogen-bond acceptors (Lipinski definition) is 7. The molecule has 0 amide bonds. The van der Waals surface area contributed by atoms with Crippen LogP contribution in [-0.4, -0.2) is 51.2 Å². The molecule has 9 heteroatoms. The Labute approximate surface area is 134 Å². The van der Waals surface area contributed by atoms with E-state index < -0.39 is 5.97 Å². The smallest absolute Gasteiger partial charge is 0.358 e. The highest BCUT2D eigenvalue weighted by Gasteiger charge is 2.25. The lowest BCUT2D eigenvalue weighted by Gasteiger charge is -2.15. The van der Waals surface area contributed by atoms with E-state index in [1.807, 2.05) is 12.1 Å². The van der Waals surface area contributed by atoms with Crippen LogP contribution in [-0.2, 0) is 0 Å². The summed E-state index contributed by atoms with van der Waals surface area (Å²) < 4.78 is 0. The van der Waals surface area contributed by atoms with Gasteiger partial charge < -0.3 is 15.7 Å². The molecule has 0 aromatic carbocycles. The Morgan fingerprint density at radius 1 is 1.13 bits per heavy atom. The van der Waals surface area contributed by atoms with Crippen molar-refractivity contribution in [3.8, 4) is 0 Å². The monoisotopic (exact) mass is 310 g/mol. The molecule has 23 heavy (non-hydrogen) atoms. The van der Waals surface area contributed by atoms with Gasteiger partial charge in [0.2, 0.25) is 5.95 Å². The number of hydrogen-bond donors (Lipinski definition) is 3. The van der Waals surface area contributed by atoms with Crippen molar-refractivity contribution >= 4 is 31.0 Å². The first kappa shape index (κ1) is 15.2. The maximum atomic E-state index is 10.7. The topological polar surface area (TPSA) is 113 Å². The Morgan fingerprint density at radius 2 is 1.91 bits per heavy atom. The molecule has 8 nitrogen and oxygen atoms in total. The van der Waals surface area contributed by atoms with Crippen molar-refractivity contribution in [3.63, 3.8) is 0 Å². The second kappa shape index (κ2) is 6.59. The van der Waals surface area contributed by atoms with Gasteiger partial charge >= 0.3 is 5.97 Å². The van der Waals surface area contributed by atoms with Gasteiger partial charge in [-0.1, -0.05) is 11.5 Å². The summed E-state index contributed by atoms with van der Waals surface area (Å²) in [7, 11) is 5.62. The molecular weight excluding hydrogens is 295 g/mol. The zero-order valence-corrected chi connectivity index (χ0v) is 12.3. The number of anilines is 2. The van der Waals surface area contributed by atoms with Gasteiger partial charge in [0, 0.05) is 18.3 Å². The van der Waals surface area contributed by atoms with Crippen molar-refractivity contribution in [2.75, 3.05) is 10.6 Å². The van der Waals surface area contributed by atoms with Crippen molar-refractivity contribution < 1.29 is 9.90 Å². The van der Waals surface area contributed by atoms with E-state index in [0.717, 1.165) is 25.1 Å². The highest BCUT2D eigenvalue weighted by atomic mass is 16.4. The number of aromatic nitrogens is 4. The van der Waals surface area contributed by atoms with Gasteiger partial charge in [-0.25, -0.2) is 14.8 Å². The number of pyridine rings is 1. The average molecular weight is 310 g/mol. The number of nitrogens with zero attached hydrogens (tertiary/aromatic N) is 4. The summed E-state index contributed by atoms with van der Waals surface area (Å²) in [5.74, 6) is -0.00230. The summed E-state index contributed by atoms with van der Waals surface area (Å²) in [5, 5.41) is 22.7. The number of carbonyl (C=O) groups is 1. The predicted molar refractivity (Wildman–Crippen MR) is 85.1 cm³/mol. The van der Waals surface area contributed by atoms with E-state index in [1.54, 1.807) is 6.20 Å². The van der Waals surface area contributed by atoms with Crippen molar-refractivity contribution in [2.24, 2.45) is 0 Å². The van der Waals surface area contributed by atoms with E-state index >= 15 is 0 Å². The number of carboxylic acids is 1. The lowest BCUT2D eigenvalue weighted by Crippen LogP contribution is -2.22. The molecule has 2 aromatic rings. The Balaban J connectivity index is 1.53. The van der Waals surface area contributed by atoms with Gasteiger partial charge in [-0.15, -0.1) is 10.2 Å². The number of nitrogens with one attached hydrogen (secondary N) is 2. The van der Waals surface area contributed by atoms with Gasteiger partial charge in [-0.3, -0.25) is 0 Å². The molecule has 2 atom stereocenters. The Morgan fingerprint density at radius 3 is 2.52 bits per heavy atom. The van der Waals surface area contributed by atoms with E-state index in [0.29, 0.717) is 17.5 Å². The molecule has 2 unspecified atom stereocenters. The van der Waals surface area contributed by atoms with E-state index in [4.69, 9.17) is 13.0 Å². The van der Waals surface area contributed by atoms with Crippen molar-refractivity contribution in [2.45, 2.75) is 31.3 Å². The molecule has 0 bridgehead atoms. The molecule has 0 aliphatic heterocycles. The first-order valence-corrected chi connectivity index (χ1v) is 7.28. The Kier molecular flexibility index (Phi) is 4.36. The van der Waals surface area contributed by atoms with Gasteiger partial charge in [-0.2, -0.15) is 0 Å². The van der Waals surface area contributed by atoms with Crippen molar-refractivity contribution in [1.29, 1.82) is 0 Å². The Bertz CT molecular complexity index is 679. The SMILES string of the molecule is [B]c1ccc(NC2CCC(Nc3ncc(C(=O)O)nn3)C2)nc1. The van der Waals surface area contributed by atoms with Crippen LogP contribution in [0.4, 0.5) is 11.8 Å². The quantitative estimate of drug-likeness (QED) is 0.672. The summed E-state index contributed by atoms with van der Waals surface area (Å²) in [6.45, 7) is 0. The zero-order chi connectivity index (χ0) is 16.2. The number of aromatic carboxylic acids is 1. The fraction of sp³-hybridized carbons (Fsp3) is 0.357. The third-order valence-electron chi connectivity index (χ3n) is 3.68. The van der Waals surface area contributed by atoms with Crippen molar-refractivity contribution in [1.82, 2.24) is 20.2 Å². The summed E-state index contributed by atoms with van der Waals surface area (Å²) in [5.41, 5.74) is 0.465. The lowest BCUT2D eigenvalue weighted by molar-refractivity contribution is 0.0688. The number of rotatable bonds is 5. The normalized spacial score (nSPS) is 20.2. The zero-order valence-electron chi connectivity index (χ0n) is 12.3. The maximum Gasteiger partial charge on any atom is 0.358 e. The van der Waals surface area contributed by atoms with E-state index in [-0.39, 0.29) is 11.7 Å². The van der Waals surface area contributed by atoms with Crippen LogP contribution in [0.15, 0.2) is 24.5 Å². The van der Waals surface area contributed by atoms with E-state index in [2.05, 4.69) is 30.8 Å². The molecule has 3 N–H and O–H groups in total. The Hall–Kier alpha value is -2.71. The third-order valence-corrected chi connectivity index (χ3v) is 3.68. The molecular formula is C14H15BN6O2. The fourth-order valence-electron chi connectivity index (χ4n) is 2.57. The molecule has 0 spiro atoms. The standard InChI is InChI=1S/C14H15BN6O2/c15-8-1-4-12(16-6-8)18-9-2-3-10(5-9)19-14-17-7-11(13(22)23)20-21-14/h1,4,6-7,9-10H,2-3,5H2,(H,16,18)(H,22,23)(H,17,19,21). The molecule has 3 rings (SSSR count). The van der Waals surface area contributed by atoms with Crippen LogP contribution in [0.25, 0.3) is 0 Å².